The van der Waals surface area contributed by atoms with E-state index in [1.807, 2.05) is 26.9 Å². The first kappa shape index (κ1) is 26.7. The molecule has 11 nitrogen and oxygen atoms in total. The molecule has 4 heterocycles. The first-order chi connectivity index (χ1) is 15.9. The number of hydrogen-bond donors (Lipinski definition) is 2. The quantitative estimate of drug-likeness (QED) is 0.410. The Morgan fingerprint density at radius 1 is 1.29 bits per heavy atom. The topological polar surface area (TPSA) is 138 Å². The summed E-state index contributed by atoms with van der Waals surface area (Å²) >= 11 is 0. The summed E-state index contributed by atoms with van der Waals surface area (Å²) in [6.45, 7) is 16.3. The summed E-state index contributed by atoms with van der Waals surface area (Å²) in [6, 6.07) is 0. The van der Waals surface area contributed by atoms with Gasteiger partial charge in [-0.05, 0) is 31.0 Å². The number of aromatic amines is 1. The molecule has 0 radical (unpaired) electrons. The van der Waals surface area contributed by atoms with E-state index in [0.717, 1.165) is 0 Å². The number of H-pyrrole nitrogens is 1. The predicted octanol–water partition coefficient (Wildman–Crippen LogP) is 1.20. The molecule has 1 aromatic rings. The molecule has 3 fully saturated rings. The summed E-state index contributed by atoms with van der Waals surface area (Å²) in [7, 11) is -6.57. The fraction of sp³-hybridized carbons (Fsp3) is 0.818. The van der Waals surface area contributed by atoms with Gasteiger partial charge in [0.1, 0.15) is 18.0 Å². The van der Waals surface area contributed by atoms with E-state index in [2.05, 4.69) is 31.1 Å². The molecule has 1 spiro atoms. The summed E-state index contributed by atoms with van der Waals surface area (Å²) < 4.78 is 52.7. The molecule has 0 saturated carbocycles. The molecule has 0 bridgehead atoms. The minimum atomic E-state index is -4.01. The molecule has 4 rings (SSSR count). The molecule has 3 aliphatic heterocycles. The highest BCUT2D eigenvalue weighted by Crippen LogP contribution is 2.57. The molecule has 5 atom stereocenters. The van der Waals surface area contributed by atoms with Crippen LogP contribution in [0.25, 0.3) is 0 Å². The van der Waals surface area contributed by atoms with Gasteiger partial charge in [0, 0.05) is 18.3 Å². The second kappa shape index (κ2) is 8.33. The number of hydrogen-bond acceptors (Lipinski definition) is 9. The maximum Gasteiger partial charge on any atom is 0.330 e. The smallest absolute Gasteiger partial charge is 0.330 e. The van der Waals surface area contributed by atoms with Crippen molar-refractivity contribution < 1.29 is 26.5 Å². The lowest BCUT2D eigenvalue weighted by atomic mass is 9.85. The monoisotopic (exact) mass is 531 g/mol. The Labute approximate surface area is 206 Å². The first-order valence-electron chi connectivity index (χ1n) is 11.9. The minimum absolute atomic E-state index is 0.132. The van der Waals surface area contributed by atoms with Gasteiger partial charge in [0.25, 0.3) is 15.7 Å². The van der Waals surface area contributed by atoms with Crippen molar-refractivity contribution in [2.24, 2.45) is 5.92 Å². The molecule has 0 aromatic carbocycles. The highest BCUT2D eigenvalue weighted by Gasteiger charge is 2.80. The van der Waals surface area contributed by atoms with Gasteiger partial charge < -0.3 is 13.9 Å². The van der Waals surface area contributed by atoms with Crippen molar-refractivity contribution in [1.29, 1.82) is 0 Å². The molecule has 1 aromatic heterocycles. The highest BCUT2D eigenvalue weighted by molar-refractivity contribution is 7.87. The van der Waals surface area contributed by atoms with Crippen LogP contribution in [0.15, 0.2) is 15.8 Å². The lowest BCUT2D eigenvalue weighted by Crippen LogP contribution is -2.66. The average Bonchev–Trinajstić information content (AvgIpc) is 3.23. The third-order valence-electron chi connectivity index (χ3n) is 7.62. The number of aromatic nitrogens is 2. The van der Waals surface area contributed by atoms with E-state index in [4.69, 9.17) is 18.1 Å². The standard InChI is InChI=1S/C22H37N3O8SSi/c1-13(2)11-30-21-12-34(28,29)33-22(21)15(9-23-21)31-18(16(22)32-35(7,8)20(4,5)6)25-10-14(3)17(26)24-19(25)27/h10,13,15-16,18,23H,9,11-12H2,1-8H3,(H,24,26,27)/t15-,16+,18-,21-,22-/m1/s1. The van der Waals surface area contributed by atoms with Crippen molar-refractivity contribution >= 4 is 18.4 Å². The predicted molar refractivity (Wildman–Crippen MR) is 131 cm³/mol. The minimum Gasteiger partial charge on any atom is -0.406 e. The Morgan fingerprint density at radius 3 is 2.54 bits per heavy atom. The van der Waals surface area contributed by atoms with Gasteiger partial charge in [0.05, 0.1) is 6.61 Å². The summed E-state index contributed by atoms with van der Waals surface area (Å²) in [6.07, 6.45) is -1.39. The zero-order valence-corrected chi connectivity index (χ0v) is 23.4. The maximum absolute atomic E-state index is 13.0. The van der Waals surface area contributed by atoms with Crippen LogP contribution in [0.2, 0.25) is 18.1 Å². The molecule has 0 unspecified atom stereocenters. The summed E-state index contributed by atoms with van der Waals surface area (Å²) in [5, 5.41) is 3.00. The van der Waals surface area contributed by atoms with Crippen molar-refractivity contribution in [3.05, 3.63) is 32.6 Å². The van der Waals surface area contributed by atoms with Gasteiger partial charge in [0.2, 0.25) is 0 Å². The Morgan fingerprint density at radius 2 is 1.94 bits per heavy atom. The van der Waals surface area contributed by atoms with E-state index >= 15 is 0 Å². The van der Waals surface area contributed by atoms with Gasteiger partial charge in [0.15, 0.2) is 25.9 Å². The fourth-order valence-electron chi connectivity index (χ4n) is 4.78. The van der Waals surface area contributed by atoms with Gasteiger partial charge >= 0.3 is 5.69 Å². The van der Waals surface area contributed by atoms with Crippen molar-refractivity contribution in [3.63, 3.8) is 0 Å². The molecule has 0 amide bonds. The SMILES string of the molecule is Cc1cn([C@@H]2O[C@@H]3CN[C@@]4(OCC(C)C)CS(=O)(=O)O[C@@]34[C@H]2O[Si](C)(C)C(C)(C)C)c(=O)[nH]c1=O. The molecular formula is C22H37N3O8SSi. The third-order valence-corrected chi connectivity index (χ3v) is 13.4. The molecular weight excluding hydrogens is 494 g/mol. The van der Waals surface area contributed by atoms with E-state index in [1.54, 1.807) is 6.92 Å². The van der Waals surface area contributed by atoms with Crippen LogP contribution >= 0.6 is 0 Å². The second-order valence-electron chi connectivity index (χ2n) is 11.8. The number of ether oxygens (including phenoxy) is 2. The van der Waals surface area contributed by atoms with Crippen LogP contribution in [0.1, 0.15) is 46.4 Å². The zero-order valence-electron chi connectivity index (χ0n) is 21.6. The second-order valence-corrected chi connectivity index (χ2v) is 18.1. The molecule has 13 heteroatoms. The van der Waals surface area contributed by atoms with Gasteiger partial charge in [-0.1, -0.05) is 34.6 Å². The number of nitrogens with one attached hydrogen (secondary N) is 2. The van der Waals surface area contributed by atoms with Gasteiger partial charge in [-0.15, -0.1) is 0 Å². The van der Waals surface area contributed by atoms with Crippen LogP contribution in [0.3, 0.4) is 0 Å². The highest BCUT2D eigenvalue weighted by atomic mass is 32.2. The third kappa shape index (κ3) is 4.18. The summed E-state index contributed by atoms with van der Waals surface area (Å²) in [5.74, 6) is -0.274. The Balaban J connectivity index is 1.92. The maximum atomic E-state index is 13.0. The summed E-state index contributed by atoms with van der Waals surface area (Å²) in [5.41, 5.74) is -3.82. The lowest BCUT2D eigenvalue weighted by Gasteiger charge is -2.45. The number of nitrogens with zero attached hydrogens (tertiary/aromatic N) is 1. The van der Waals surface area contributed by atoms with Crippen LogP contribution in [0.5, 0.6) is 0 Å². The van der Waals surface area contributed by atoms with Crippen LogP contribution in [0.4, 0.5) is 0 Å². The normalized spacial score (nSPS) is 34.4. The molecule has 198 valence electrons. The molecule has 0 aliphatic carbocycles. The van der Waals surface area contributed by atoms with Crippen molar-refractivity contribution in [1.82, 2.24) is 14.9 Å². The van der Waals surface area contributed by atoms with Gasteiger partial charge in [-0.2, -0.15) is 8.42 Å². The molecule has 35 heavy (non-hydrogen) atoms. The van der Waals surface area contributed by atoms with Gasteiger partial charge in [-0.25, -0.2) is 4.79 Å². The van der Waals surface area contributed by atoms with Crippen LogP contribution in [-0.4, -0.2) is 68.7 Å². The van der Waals surface area contributed by atoms with Crippen molar-refractivity contribution in [3.8, 4) is 0 Å². The Bertz CT molecular complexity index is 1220. The molecule has 3 aliphatic rings. The zero-order chi connectivity index (χ0) is 26.2. The molecule has 3 saturated heterocycles. The largest absolute Gasteiger partial charge is 0.406 e. The van der Waals surface area contributed by atoms with E-state index in [0.29, 0.717) is 5.56 Å². The van der Waals surface area contributed by atoms with E-state index in [1.165, 1.54) is 10.8 Å². The van der Waals surface area contributed by atoms with E-state index < -0.39 is 65.2 Å². The Hall–Kier alpha value is -1.35. The van der Waals surface area contributed by atoms with E-state index in [-0.39, 0.29) is 24.1 Å². The number of aryl methyl sites for hydroxylation is 1. The first-order valence-corrected chi connectivity index (χ1v) is 16.4. The van der Waals surface area contributed by atoms with Crippen LogP contribution in [0, 0.1) is 12.8 Å². The lowest BCUT2D eigenvalue weighted by molar-refractivity contribution is -0.173. The van der Waals surface area contributed by atoms with Crippen molar-refractivity contribution in [2.45, 2.75) is 89.4 Å². The summed E-state index contributed by atoms with van der Waals surface area (Å²) in [4.78, 5) is 27.2. The number of rotatable bonds is 6. The average molecular weight is 532 g/mol. The van der Waals surface area contributed by atoms with Crippen molar-refractivity contribution in [2.75, 3.05) is 18.9 Å². The van der Waals surface area contributed by atoms with E-state index in [9.17, 15) is 18.0 Å². The Kier molecular flexibility index (Phi) is 6.36. The van der Waals surface area contributed by atoms with Crippen LogP contribution in [-0.2, 0) is 28.2 Å². The van der Waals surface area contributed by atoms with Crippen LogP contribution < -0.4 is 16.6 Å². The molecule has 2 N–H and O–H groups in total. The fourth-order valence-corrected chi connectivity index (χ4v) is 7.79. The van der Waals surface area contributed by atoms with Gasteiger partial charge in [-0.3, -0.25) is 23.8 Å².